The van der Waals surface area contributed by atoms with Crippen LogP contribution in [0.4, 0.5) is 15.8 Å². The van der Waals surface area contributed by atoms with Crippen LogP contribution in [0, 0.1) is 5.82 Å². The molecule has 32 heavy (non-hydrogen) atoms. The summed E-state index contributed by atoms with van der Waals surface area (Å²) >= 11 is 13.0. The molecule has 0 fully saturated rings. The molecule has 2 amide bonds. The molecule has 2 N–H and O–H groups in total. The van der Waals surface area contributed by atoms with Crippen molar-refractivity contribution in [3.63, 3.8) is 0 Å². The Hall–Kier alpha value is -2.54. The van der Waals surface area contributed by atoms with E-state index in [0.29, 0.717) is 22.8 Å². The summed E-state index contributed by atoms with van der Waals surface area (Å²) in [5.41, 5.74) is 1.94. The topological polar surface area (TPSA) is 58.2 Å². The van der Waals surface area contributed by atoms with E-state index < -0.39 is 5.82 Å². The van der Waals surface area contributed by atoms with Crippen LogP contribution < -0.4 is 10.6 Å². The second-order valence-electron chi connectivity index (χ2n) is 7.01. The van der Waals surface area contributed by atoms with Crippen LogP contribution in [-0.4, -0.2) is 17.1 Å². The van der Waals surface area contributed by atoms with Crippen molar-refractivity contribution in [1.82, 2.24) is 0 Å². The van der Waals surface area contributed by atoms with Crippen molar-refractivity contribution in [2.24, 2.45) is 0 Å². The Labute approximate surface area is 200 Å². The molecule has 0 saturated carbocycles. The first-order valence-corrected chi connectivity index (χ1v) is 11.5. The molecule has 1 atom stereocenters. The predicted molar refractivity (Wildman–Crippen MR) is 130 cm³/mol. The van der Waals surface area contributed by atoms with E-state index in [1.165, 1.54) is 30.0 Å². The molecule has 4 nitrogen and oxygen atoms in total. The van der Waals surface area contributed by atoms with Gasteiger partial charge in [-0.15, -0.1) is 11.8 Å². The van der Waals surface area contributed by atoms with Gasteiger partial charge in [-0.2, -0.15) is 0 Å². The summed E-state index contributed by atoms with van der Waals surface area (Å²) in [6, 6.07) is 18.5. The minimum atomic E-state index is -0.541. The number of amides is 2. The maximum Gasteiger partial charge on any atom is 0.237 e. The van der Waals surface area contributed by atoms with Crippen LogP contribution >= 0.6 is 35.0 Å². The normalized spacial score (nSPS) is 11.6. The van der Waals surface area contributed by atoms with Gasteiger partial charge in [0.05, 0.1) is 16.7 Å². The second-order valence-corrected chi connectivity index (χ2v) is 9.13. The van der Waals surface area contributed by atoms with Crippen molar-refractivity contribution < 1.29 is 14.0 Å². The maximum atomic E-state index is 13.3. The smallest absolute Gasteiger partial charge is 0.237 e. The van der Waals surface area contributed by atoms with Crippen LogP contribution in [0.5, 0.6) is 0 Å². The Balaban J connectivity index is 1.61. The van der Waals surface area contributed by atoms with E-state index in [0.717, 1.165) is 10.5 Å². The fourth-order valence-electron chi connectivity index (χ4n) is 2.92. The molecule has 0 heterocycles. The molecule has 0 saturated heterocycles. The van der Waals surface area contributed by atoms with Crippen LogP contribution in [0.3, 0.4) is 0 Å². The summed E-state index contributed by atoms with van der Waals surface area (Å²) in [7, 11) is 0. The number of benzene rings is 3. The summed E-state index contributed by atoms with van der Waals surface area (Å²) in [6.45, 7) is 1.91. The lowest BCUT2D eigenvalue weighted by Gasteiger charge is -2.16. The third kappa shape index (κ3) is 6.99. The Kier molecular flexibility index (Phi) is 8.56. The third-order valence-corrected chi connectivity index (χ3v) is 6.42. The van der Waals surface area contributed by atoms with E-state index in [-0.39, 0.29) is 28.5 Å². The van der Waals surface area contributed by atoms with Gasteiger partial charge in [0.15, 0.2) is 0 Å². The molecule has 0 bridgehead atoms. The fourth-order valence-corrected chi connectivity index (χ4v) is 4.24. The SMILES string of the molecule is CCC(Sc1cccc(NC(=O)Cc2ccc(Cl)cc2)c1)C(=O)Nc1ccc(F)c(Cl)c1. The van der Waals surface area contributed by atoms with Crippen LogP contribution in [0.2, 0.25) is 10.0 Å². The number of halogens is 3. The van der Waals surface area contributed by atoms with E-state index in [2.05, 4.69) is 10.6 Å². The number of carbonyl (C=O) groups excluding carboxylic acids is 2. The highest BCUT2D eigenvalue weighted by Gasteiger charge is 2.19. The van der Waals surface area contributed by atoms with Crippen LogP contribution in [0.15, 0.2) is 71.6 Å². The van der Waals surface area contributed by atoms with Gasteiger partial charge in [0.25, 0.3) is 0 Å². The molecule has 3 aromatic rings. The zero-order chi connectivity index (χ0) is 23.1. The number of nitrogens with one attached hydrogen (secondary N) is 2. The molecular formula is C24H21Cl2FN2O2S. The summed E-state index contributed by atoms with van der Waals surface area (Å²) in [6.07, 6.45) is 0.813. The van der Waals surface area contributed by atoms with Crippen molar-refractivity contribution in [2.75, 3.05) is 10.6 Å². The van der Waals surface area contributed by atoms with Gasteiger partial charge in [-0.1, -0.05) is 48.3 Å². The van der Waals surface area contributed by atoms with E-state index in [9.17, 15) is 14.0 Å². The Morgan fingerprint density at radius 2 is 1.69 bits per heavy atom. The first-order chi connectivity index (χ1) is 15.3. The van der Waals surface area contributed by atoms with Gasteiger partial charge < -0.3 is 10.6 Å². The number of carbonyl (C=O) groups is 2. The number of hydrogen-bond acceptors (Lipinski definition) is 3. The van der Waals surface area contributed by atoms with Crippen molar-refractivity contribution in [3.05, 3.63) is 88.2 Å². The Morgan fingerprint density at radius 1 is 0.969 bits per heavy atom. The summed E-state index contributed by atoms with van der Waals surface area (Å²) in [5.74, 6) is -0.897. The largest absolute Gasteiger partial charge is 0.326 e. The third-order valence-electron chi connectivity index (χ3n) is 4.52. The van der Waals surface area contributed by atoms with E-state index in [1.807, 2.05) is 37.3 Å². The van der Waals surface area contributed by atoms with Gasteiger partial charge in [-0.25, -0.2) is 4.39 Å². The van der Waals surface area contributed by atoms with Gasteiger partial charge in [-0.05, 0) is 60.5 Å². The Morgan fingerprint density at radius 3 is 2.38 bits per heavy atom. The van der Waals surface area contributed by atoms with E-state index in [4.69, 9.17) is 23.2 Å². The van der Waals surface area contributed by atoms with E-state index in [1.54, 1.807) is 18.2 Å². The van der Waals surface area contributed by atoms with E-state index >= 15 is 0 Å². The van der Waals surface area contributed by atoms with Gasteiger partial charge >= 0.3 is 0 Å². The monoisotopic (exact) mass is 490 g/mol. The molecule has 0 aliphatic heterocycles. The van der Waals surface area contributed by atoms with Crippen molar-refractivity contribution in [2.45, 2.75) is 29.9 Å². The van der Waals surface area contributed by atoms with Gasteiger partial charge in [0, 0.05) is 21.3 Å². The minimum absolute atomic E-state index is 0.0504. The summed E-state index contributed by atoms with van der Waals surface area (Å²) in [4.78, 5) is 25.9. The molecule has 8 heteroatoms. The van der Waals surface area contributed by atoms with Crippen molar-refractivity contribution in [3.8, 4) is 0 Å². The summed E-state index contributed by atoms with van der Waals surface area (Å²) < 4.78 is 13.3. The molecular weight excluding hydrogens is 470 g/mol. The van der Waals surface area contributed by atoms with Crippen molar-refractivity contribution in [1.29, 1.82) is 0 Å². The number of anilines is 2. The summed E-state index contributed by atoms with van der Waals surface area (Å²) in [5, 5.41) is 5.85. The fraction of sp³-hybridized carbons (Fsp3) is 0.167. The van der Waals surface area contributed by atoms with Crippen LogP contribution in [0.25, 0.3) is 0 Å². The molecule has 0 radical (unpaired) electrons. The molecule has 0 aliphatic carbocycles. The quantitative estimate of drug-likeness (QED) is 0.340. The standard InChI is InChI=1S/C24H21Cl2FN2O2S/c1-2-22(24(31)29-18-10-11-21(27)20(26)14-18)32-19-5-3-4-17(13-19)28-23(30)12-15-6-8-16(25)9-7-15/h3-11,13-14,22H,2,12H2,1H3,(H,28,30)(H,29,31). The molecule has 0 aromatic heterocycles. The highest BCUT2D eigenvalue weighted by molar-refractivity contribution is 8.00. The number of hydrogen-bond donors (Lipinski definition) is 2. The van der Waals surface area contributed by atoms with Crippen molar-refractivity contribution >= 4 is 58.2 Å². The lowest BCUT2D eigenvalue weighted by molar-refractivity contribution is -0.116. The zero-order valence-electron chi connectivity index (χ0n) is 17.2. The van der Waals surface area contributed by atoms with Gasteiger partial charge in [-0.3, -0.25) is 9.59 Å². The molecule has 1 unspecified atom stereocenters. The lowest BCUT2D eigenvalue weighted by Crippen LogP contribution is -2.24. The van der Waals surface area contributed by atoms with Crippen LogP contribution in [-0.2, 0) is 16.0 Å². The molecule has 3 aromatic carbocycles. The number of thioether (sulfide) groups is 1. The lowest BCUT2D eigenvalue weighted by atomic mass is 10.1. The van der Waals surface area contributed by atoms with Gasteiger partial charge in [0.1, 0.15) is 5.82 Å². The predicted octanol–water partition coefficient (Wildman–Crippen LogP) is 6.82. The zero-order valence-corrected chi connectivity index (χ0v) is 19.5. The highest BCUT2D eigenvalue weighted by Crippen LogP contribution is 2.29. The first kappa shape index (κ1) is 24.1. The Bertz CT molecular complexity index is 1110. The molecule has 0 spiro atoms. The van der Waals surface area contributed by atoms with Gasteiger partial charge in [0.2, 0.25) is 11.8 Å². The molecule has 166 valence electrons. The van der Waals surface area contributed by atoms with Crippen LogP contribution in [0.1, 0.15) is 18.9 Å². The average molecular weight is 491 g/mol. The average Bonchev–Trinajstić information content (AvgIpc) is 2.76. The first-order valence-electron chi connectivity index (χ1n) is 9.91. The maximum absolute atomic E-state index is 13.3. The number of rotatable bonds is 8. The molecule has 3 rings (SSSR count). The highest BCUT2D eigenvalue weighted by atomic mass is 35.5. The molecule has 0 aliphatic rings. The second kappa shape index (κ2) is 11.4. The minimum Gasteiger partial charge on any atom is -0.326 e.